The lowest BCUT2D eigenvalue weighted by molar-refractivity contribution is -0.141. The third-order valence-electron chi connectivity index (χ3n) is 2.47. The first-order valence-electron chi connectivity index (χ1n) is 5.60. The minimum Gasteiger partial charge on any atom is -0.478 e. The summed E-state index contributed by atoms with van der Waals surface area (Å²) in [6, 6.07) is 2.79. The first-order valence-corrected chi connectivity index (χ1v) is 5.60. The Hall–Kier alpha value is -1.66. The van der Waals surface area contributed by atoms with Crippen LogP contribution in [-0.4, -0.2) is 41.2 Å². The van der Waals surface area contributed by atoms with E-state index in [0.717, 1.165) is 0 Å². The summed E-state index contributed by atoms with van der Waals surface area (Å²) >= 11 is 0. The van der Waals surface area contributed by atoms with E-state index in [-0.39, 0.29) is 24.2 Å². The fourth-order valence-corrected chi connectivity index (χ4v) is 1.64. The predicted octanol–water partition coefficient (Wildman–Crippen LogP) is 1.31. The van der Waals surface area contributed by atoms with E-state index in [1.165, 1.54) is 18.3 Å². The van der Waals surface area contributed by atoms with Gasteiger partial charge in [-0.05, 0) is 19.9 Å². The average molecular weight is 253 g/mol. The maximum Gasteiger partial charge on any atom is 0.335 e. The first-order chi connectivity index (χ1) is 8.46. The number of ether oxygens (including phenoxy) is 3. The van der Waals surface area contributed by atoms with E-state index >= 15 is 0 Å². The highest BCUT2D eigenvalue weighted by molar-refractivity contribution is 5.87. The molecule has 1 fully saturated rings. The van der Waals surface area contributed by atoms with Gasteiger partial charge in [0.15, 0.2) is 5.79 Å². The molecule has 6 nitrogen and oxygen atoms in total. The topological polar surface area (TPSA) is 77.9 Å². The van der Waals surface area contributed by atoms with Crippen molar-refractivity contribution in [1.29, 1.82) is 0 Å². The highest BCUT2D eigenvalue weighted by Crippen LogP contribution is 2.22. The van der Waals surface area contributed by atoms with Gasteiger partial charge in [0, 0.05) is 12.3 Å². The second kappa shape index (κ2) is 4.91. The van der Waals surface area contributed by atoms with Crippen molar-refractivity contribution in [3.63, 3.8) is 0 Å². The number of carboxylic acid groups (broad SMARTS) is 1. The zero-order valence-electron chi connectivity index (χ0n) is 10.3. The summed E-state index contributed by atoms with van der Waals surface area (Å²) in [5, 5.41) is 8.83. The Morgan fingerprint density at radius 2 is 2.44 bits per heavy atom. The number of carboxylic acids is 1. The molecule has 1 aromatic heterocycles. The largest absolute Gasteiger partial charge is 0.478 e. The van der Waals surface area contributed by atoms with Crippen LogP contribution in [-0.2, 0) is 9.47 Å². The van der Waals surface area contributed by atoms with Gasteiger partial charge in [0.05, 0.1) is 12.2 Å². The highest BCUT2D eigenvalue weighted by atomic mass is 16.7. The third kappa shape index (κ3) is 3.18. The van der Waals surface area contributed by atoms with E-state index < -0.39 is 11.8 Å². The monoisotopic (exact) mass is 253 g/mol. The SMILES string of the molecule is CC1(C)OCC(COc2cc(C(=O)O)ccn2)O1. The fourth-order valence-electron chi connectivity index (χ4n) is 1.64. The maximum absolute atomic E-state index is 10.8. The number of hydrogen-bond acceptors (Lipinski definition) is 5. The van der Waals surface area contributed by atoms with E-state index in [0.29, 0.717) is 6.61 Å². The van der Waals surface area contributed by atoms with Gasteiger partial charge in [-0.1, -0.05) is 0 Å². The van der Waals surface area contributed by atoms with Crippen LogP contribution in [0.1, 0.15) is 24.2 Å². The molecule has 0 radical (unpaired) electrons. The Kier molecular flexibility index (Phi) is 3.49. The van der Waals surface area contributed by atoms with Crippen LogP contribution in [0.5, 0.6) is 5.88 Å². The van der Waals surface area contributed by atoms with Gasteiger partial charge in [-0.15, -0.1) is 0 Å². The number of rotatable bonds is 4. The lowest BCUT2D eigenvalue weighted by atomic mass is 10.3. The van der Waals surface area contributed by atoms with E-state index in [9.17, 15) is 4.79 Å². The van der Waals surface area contributed by atoms with Crippen LogP contribution in [0.25, 0.3) is 0 Å². The summed E-state index contributed by atoms with van der Waals surface area (Å²) in [5.74, 6) is -1.34. The molecule has 0 bridgehead atoms. The number of aromatic carboxylic acids is 1. The molecule has 18 heavy (non-hydrogen) atoms. The zero-order valence-corrected chi connectivity index (χ0v) is 10.3. The van der Waals surface area contributed by atoms with Crippen molar-refractivity contribution in [3.05, 3.63) is 23.9 Å². The van der Waals surface area contributed by atoms with Crippen molar-refractivity contribution in [2.24, 2.45) is 0 Å². The summed E-state index contributed by atoms with van der Waals surface area (Å²) in [5.41, 5.74) is 0.143. The molecule has 1 aliphatic rings. The van der Waals surface area contributed by atoms with Crippen molar-refractivity contribution >= 4 is 5.97 Å². The molecule has 1 N–H and O–H groups in total. The molecule has 1 aliphatic heterocycles. The van der Waals surface area contributed by atoms with E-state index in [1.54, 1.807) is 0 Å². The van der Waals surface area contributed by atoms with Crippen molar-refractivity contribution in [3.8, 4) is 5.88 Å². The van der Waals surface area contributed by atoms with E-state index in [2.05, 4.69) is 4.98 Å². The van der Waals surface area contributed by atoms with Gasteiger partial charge in [0.25, 0.3) is 0 Å². The molecule has 1 atom stereocenters. The molecule has 1 saturated heterocycles. The van der Waals surface area contributed by atoms with Crippen molar-refractivity contribution in [2.75, 3.05) is 13.2 Å². The first kappa shape index (κ1) is 12.8. The lowest BCUT2D eigenvalue weighted by Gasteiger charge is -2.17. The minimum absolute atomic E-state index is 0.143. The van der Waals surface area contributed by atoms with E-state index in [4.69, 9.17) is 19.3 Å². The van der Waals surface area contributed by atoms with Gasteiger partial charge in [0.1, 0.15) is 12.7 Å². The summed E-state index contributed by atoms with van der Waals surface area (Å²) < 4.78 is 16.3. The lowest BCUT2D eigenvalue weighted by Crippen LogP contribution is -2.25. The third-order valence-corrected chi connectivity index (χ3v) is 2.47. The van der Waals surface area contributed by atoms with Gasteiger partial charge in [-0.3, -0.25) is 0 Å². The number of nitrogens with zero attached hydrogens (tertiary/aromatic N) is 1. The number of hydrogen-bond donors (Lipinski definition) is 1. The summed E-state index contributed by atoms with van der Waals surface area (Å²) in [4.78, 5) is 14.7. The normalized spacial score (nSPS) is 21.8. The van der Waals surface area contributed by atoms with Gasteiger partial charge >= 0.3 is 5.97 Å². The number of pyridine rings is 1. The number of aromatic nitrogens is 1. The van der Waals surface area contributed by atoms with E-state index in [1.807, 2.05) is 13.8 Å². The van der Waals surface area contributed by atoms with Crippen molar-refractivity contribution in [1.82, 2.24) is 4.98 Å². The molecular formula is C12H15NO5. The standard InChI is InChI=1S/C12H15NO5/c1-12(2)17-7-9(18-12)6-16-10-5-8(11(14)15)3-4-13-10/h3-5,9H,6-7H2,1-2H3,(H,14,15). The Morgan fingerprint density at radius 3 is 3.06 bits per heavy atom. The van der Waals surface area contributed by atoms with Crippen LogP contribution in [0.2, 0.25) is 0 Å². The minimum atomic E-state index is -1.01. The molecule has 6 heteroatoms. The molecule has 0 amide bonds. The van der Waals surface area contributed by atoms with Gasteiger partial charge in [-0.25, -0.2) is 9.78 Å². The van der Waals surface area contributed by atoms with Crippen LogP contribution in [0.4, 0.5) is 0 Å². The van der Waals surface area contributed by atoms with Crippen molar-refractivity contribution < 1.29 is 24.1 Å². The Morgan fingerprint density at radius 1 is 1.67 bits per heavy atom. The highest BCUT2D eigenvalue weighted by Gasteiger charge is 2.33. The zero-order chi connectivity index (χ0) is 13.2. The fraction of sp³-hybridized carbons (Fsp3) is 0.500. The van der Waals surface area contributed by atoms with Gasteiger partial charge in [0.2, 0.25) is 5.88 Å². The predicted molar refractivity (Wildman–Crippen MR) is 61.6 cm³/mol. The molecular weight excluding hydrogens is 238 g/mol. The molecule has 98 valence electrons. The smallest absolute Gasteiger partial charge is 0.335 e. The Bertz CT molecular complexity index is 446. The molecule has 0 aromatic carbocycles. The molecule has 1 unspecified atom stereocenters. The van der Waals surface area contributed by atoms with Crippen LogP contribution in [0.15, 0.2) is 18.3 Å². The number of carbonyl (C=O) groups is 1. The molecule has 0 saturated carbocycles. The van der Waals surface area contributed by atoms with Crippen LogP contribution >= 0.6 is 0 Å². The summed E-state index contributed by atoms with van der Waals surface area (Å²) in [6.45, 7) is 4.39. The average Bonchev–Trinajstić information content (AvgIpc) is 2.67. The maximum atomic E-state index is 10.8. The second-order valence-corrected chi connectivity index (χ2v) is 4.45. The quantitative estimate of drug-likeness (QED) is 0.871. The van der Waals surface area contributed by atoms with Gasteiger partial charge < -0.3 is 19.3 Å². The molecule has 0 aliphatic carbocycles. The molecule has 2 rings (SSSR count). The Balaban J connectivity index is 1.91. The van der Waals surface area contributed by atoms with Crippen LogP contribution in [0, 0.1) is 0 Å². The van der Waals surface area contributed by atoms with Crippen LogP contribution in [0.3, 0.4) is 0 Å². The summed E-state index contributed by atoms with van der Waals surface area (Å²) in [6.07, 6.45) is 1.23. The molecule has 1 aromatic rings. The van der Waals surface area contributed by atoms with Crippen molar-refractivity contribution in [2.45, 2.75) is 25.7 Å². The summed E-state index contributed by atoms with van der Waals surface area (Å²) in [7, 11) is 0. The van der Waals surface area contributed by atoms with Gasteiger partial charge in [-0.2, -0.15) is 0 Å². The Labute approximate surface area is 104 Å². The molecule has 0 spiro atoms. The van der Waals surface area contributed by atoms with Crippen LogP contribution < -0.4 is 4.74 Å². The molecule has 2 heterocycles. The second-order valence-electron chi connectivity index (χ2n) is 4.45.